The van der Waals surface area contributed by atoms with Crippen molar-refractivity contribution in [2.75, 3.05) is 6.61 Å². The summed E-state index contributed by atoms with van der Waals surface area (Å²) in [5.74, 6) is 0.313. The lowest BCUT2D eigenvalue weighted by Crippen LogP contribution is -2.64. The number of esters is 1. The summed E-state index contributed by atoms with van der Waals surface area (Å²) >= 11 is 0. The zero-order valence-electron chi connectivity index (χ0n) is 23.1. The summed E-state index contributed by atoms with van der Waals surface area (Å²) in [6, 6.07) is -0.484. The number of hydrogen-bond acceptors (Lipinski definition) is 7. The van der Waals surface area contributed by atoms with E-state index in [2.05, 4.69) is 35.8 Å². The van der Waals surface area contributed by atoms with Crippen LogP contribution in [0.15, 0.2) is 16.8 Å². The Morgan fingerprint density at radius 3 is 2.51 bits per heavy atom. The predicted octanol–water partition coefficient (Wildman–Crippen LogP) is 3.85. The highest BCUT2D eigenvalue weighted by Gasteiger charge is 2.71. The van der Waals surface area contributed by atoms with Crippen molar-refractivity contribution >= 4 is 23.7 Å². The highest BCUT2D eigenvalue weighted by atomic mass is 16.6. The van der Waals surface area contributed by atoms with Crippen molar-refractivity contribution in [2.24, 2.45) is 33.7 Å². The van der Waals surface area contributed by atoms with Gasteiger partial charge in [0.2, 0.25) is 5.91 Å². The fourth-order valence-electron chi connectivity index (χ4n) is 8.61. The van der Waals surface area contributed by atoms with Crippen LogP contribution in [0.4, 0.5) is 4.79 Å². The van der Waals surface area contributed by atoms with Gasteiger partial charge in [-0.2, -0.15) is 5.10 Å². The first-order valence-electron chi connectivity index (χ1n) is 13.7. The quantitative estimate of drug-likeness (QED) is 0.220. The van der Waals surface area contributed by atoms with Crippen LogP contribution in [-0.4, -0.2) is 53.1 Å². The first-order valence-corrected chi connectivity index (χ1v) is 13.7. The maximum Gasteiger partial charge on any atom is 0.427 e. The van der Waals surface area contributed by atoms with Gasteiger partial charge in [-0.25, -0.2) is 10.2 Å². The smallest absolute Gasteiger partial charge is 0.427 e. The molecule has 0 radical (unpaired) electrons. The van der Waals surface area contributed by atoms with Gasteiger partial charge in [0.05, 0.1) is 24.5 Å². The first-order chi connectivity index (χ1) is 17.4. The zero-order chi connectivity index (χ0) is 27.2. The third-order valence-electron chi connectivity index (χ3n) is 10.1. The molecule has 0 saturated heterocycles. The summed E-state index contributed by atoms with van der Waals surface area (Å²) < 4.78 is 11.2. The zero-order valence-corrected chi connectivity index (χ0v) is 23.1. The molecule has 9 heteroatoms. The van der Waals surface area contributed by atoms with E-state index in [1.54, 1.807) is 13.8 Å². The van der Waals surface area contributed by atoms with Gasteiger partial charge in [0.15, 0.2) is 5.60 Å². The van der Waals surface area contributed by atoms with Gasteiger partial charge in [-0.05, 0) is 82.0 Å². The number of hydrazone groups is 1. The molecular formula is C28H43N3O6. The molecule has 3 fully saturated rings. The van der Waals surface area contributed by atoms with Gasteiger partial charge in [0.25, 0.3) is 0 Å². The summed E-state index contributed by atoms with van der Waals surface area (Å²) in [5.41, 5.74) is 2.59. The topological polar surface area (TPSA) is 126 Å². The monoisotopic (exact) mass is 517 g/mol. The van der Waals surface area contributed by atoms with E-state index in [1.807, 2.05) is 0 Å². The Hall–Kier alpha value is -2.42. The molecule has 4 rings (SSSR count). The number of fused-ring (bicyclic) bond motifs is 5. The number of aliphatic hydroxyl groups excluding tert-OH is 1. The van der Waals surface area contributed by atoms with Crippen LogP contribution in [-0.2, 0) is 19.1 Å². The fraction of sp³-hybridized carbons (Fsp3) is 0.786. The van der Waals surface area contributed by atoms with Crippen LogP contribution < -0.4 is 10.7 Å². The molecule has 4 aliphatic carbocycles. The number of nitrogens with one attached hydrogen (secondary N) is 2. The van der Waals surface area contributed by atoms with Gasteiger partial charge in [-0.3, -0.25) is 9.59 Å². The number of carbonyl (C=O) groups excluding carboxylic acids is 3. The van der Waals surface area contributed by atoms with E-state index >= 15 is 0 Å². The van der Waals surface area contributed by atoms with E-state index in [9.17, 15) is 19.5 Å². The Morgan fingerprint density at radius 2 is 1.86 bits per heavy atom. The molecule has 3 N–H and O–H groups in total. The van der Waals surface area contributed by atoms with Crippen molar-refractivity contribution in [3.63, 3.8) is 0 Å². The van der Waals surface area contributed by atoms with Crippen LogP contribution >= 0.6 is 0 Å². The standard InChI is InChI=1S/C28H43N3O6/c1-7-36-25(35)31-30-16(2)28(37-18(4)33)24(29-17(3)32)15-23-21-9-8-19-14-20(34)10-12-26(19,5)22(21)11-13-27(23,28)6/h8,20-24,34H,7,9-15H2,1-6H3,(H,29,32)(H,31,35)/t20?,21?,22?,23?,24-,26?,27?,28-/m1/s1. The van der Waals surface area contributed by atoms with Gasteiger partial charge in [-0.1, -0.05) is 25.5 Å². The molecular weight excluding hydrogens is 474 g/mol. The molecule has 0 bridgehead atoms. The van der Waals surface area contributed by atoms with Crippen LogP contribution in [0, 0.1) is 28.6 Å². The second-order valence-electron chi connectivity index (χ2n) is 12.0. The maximum atomic E-state index is 12.6. The molecule has 9 nitrogen and oxygen atoms in total. The number of rotatable bonds is 5. The normalized spacial score (nSPS) is 40.9. The minimum absolute atomic E-state index is 0.0499. The summed E-state index contributed by atoms with van der Waals surface area (Å²) in [6.45, 7) is 11.0. The minimum atomic E-state index is -1.21. The second-order valence-corrected chi connectivity index (χ2v) is 12.0. The number of aliphatic hydroxyl groups is 1. The molecule has 206 valence electrons. The molecule has 0 aliphatic heterocycles. The molecule has 37 heavy (non-hydrogen) atoms. The van der Waals surface area contributed by atoms with E-state index in [-0.39, 0.29) is 30.0 Å². The van der Waals surface area contributed by atoms with Crippen LogP contribution in [0.1, 0.15) is 86.5 Å². The molecule has 4 aliphatic rings. The number of hydrogen-bond donors (Lipinski definition) is 3. The molecule has 0 aromatic heterocycles. The number of amides is 2. The summed E-state index contributed by atoms with van der Waals surface area (Å²) in [7, 11) is 0. The van der Waals surface area contributed by atoms with E-state index < -0.39 is 29.1 Å². The van der Waals surface area contributed by atoms with Crippen LogP contribution in [0.3, 0.4) is 0 Å². The van der Waals surface area contributed by atoms with Crippen molar-refractivity contribution < 1.29 is 29.0 Å². The summed E-state index contributed by atoms with van der Waals surface area (Å²) in [5, 5.41) is 17.8. The van der Waals surface area contributed by atoms with Crippen molar-refractivity contribution in [3.05, 3.63) is 11.6 Å². The van der Waals surface area contributed by atoms with E-state index in [0.29, 0.717) is 24.0 Å². The average Bonchev–Trinajstić information content (AvgIpc) is 3.05. The summed E-state index contributed by atoms with van der Waals surface area (Å²) in [6.07, 6.45) is 7.24. The lowest BCUT2D eigenvalue weighted by molar-refractivity contribution is -0.169. The van der Waals surface area contributed by atoms with E-state index in [0.717, 1.165) is 38.5 Å². The predicted molar refractivity (Wildman–Crippen MR) is 138 cm³/mol. The van der Waals surface area contributed by atoms with Crippen LogP contribution in [0.25, 0.3) is 0 Å². The Morgan fingerprint density at radius 1 is 1.14 bits per heavy atom. The average molecular weight is 518 g/mol. The van der Waals surface area contributed by atoms with Gasteiger partial charge in [0.1, 0.15) is 0 Å². The van der Waals surface area contributed by atoms with Gasteiger partial charge < -0.3 is 19.9 Å². The third kappa shape index (κ3) is 4.47. The van der Waals surface area contributed by atoms with Gasteiger partial charge >= 0.3 is 12.1 Å². The Balaban J connectivity index is 1.78. The second kappa shape index (κ2) is 10.0. The van der Waals surface area contributed by atoms with E-state index in [4.69, 9.17) is 9.47 Å². The first kappa shape index (κ1) is 27.6. The molecule has 0 aromatic carbocycles. The SMILES string of the molecule is CCOC(=O)NN=C(C)[C@@]1(OC(C)=O)[C@H](NC(C)=O)CC2C3CC=C4CC(O)CCC4(C)C3CCC21C. The minimum Gasteiger partial charge on any atom is -0.450 e. The summed E-state index contributed by atoms with van der Waals surface area (Å²) in [4.78, 5) is 37.1. The van der Waals surface area contributed by atoms with Crippen molar-refractivity contribution in [1.29, 1.82) is 0 Å². The molecule has 6 unspecified atom stereocenters. The molecule has 3 saturated carbocycles. The number of carbonyl (C=O) groups is 3. The number of allylic oxidation sites excluding steroid dienone is 1. The molecule has 8 atom stereocenters. The fourth-order valence-corrected chi connectivity index (χ4v) is 8.61. The lowest BCUT2D eigenvalue weighted by atomic mass is 9.46. The Kier molecular flexibility index (Phi) is 7.49. The highest BCUT2D eigenvalue weighted by Crippen LogP contribution is 2.68. The molecule has 2 amide bonds. The van der Waals surface area contributed by atoms with Crippen LogP contribution in [0.5, 0.6) is 0 Å². The Bertz CT molecular complexity index is 1010. The van der Waals surface area contributed by atoms with Crippen LogP contribution in [0.2, 0.25) is 0 Å². The highest BCUT2D eigenvalue weighted by molar-refractivity contribution is 5.96. The number of nitrogens with zero attached hydrogens (tertiary/aromatic N) is 1. The molecule has 0 spiro atoms. The lowest BCUT2D eigenvalue weighted by Gasteiger charge is -2.59. The van der Waals surface area contributed by atoms with E-state index in [1.165, 1.54) is 19.4 Å². The third-order valence-corrected chi connectivity index (χ3v) is 10.1. The maximum absolute atomic E-state index is 12.6. The molecule has 0 heterocycles. The number of ether oxygens (including phenoxy) is 2. The van der Waals surface area contributed by atoms with Crippen molar-refractivity contribution in [2.45, 2.75) is 104 Å². The van der Waals surface area contributed by atoms with Crippen molar-refractivity contribution in [1.82, 2.24) is 10.7 Å². The van der Waals surface area contributed by atoms with Gasteiger partial charge in [-0.15, -0.1) is 0 Å². The largest absolute Gasteiger partial charge is 0.450 e. The van der Waals surface area contributed by atoms with Crippen molar-refractivity contribution in [3.8, 4) is 0 Å². The Labute approximate surface area is 219 Å². The molecule has 0 aromatic rings. The van der Waals surface area contributed by atoms with Gasteiger partial charge in [0, 0.05) is 19.3 Å².